The van der Waals surface area contributed by atoms with Crippen LogP contribution >= 0.6 is 11.6 Å². The molecule has 12 heavy (non-hydrogen) atoms. The Balaban J connectivity index is 3.31. The molecule has 0 unspecified atom stereocenters. The lowest BCUT2D eigenvalue weighted by atomic mass is 10.2. The van der Waals surface area contributed by atoms with Gasteiger partial charge in [0.05, 0.1) is 17.3 Å². The van der Waals surface area contributed by atoms with Crippen molar-refractivity contribution in [2.24, 2.45) is 5.11 Å². The molecule has 0 aliphatic carbocycles. The Kier molecular flexibility index (Phi) is 2.54. The number of benzene rings is 1. The SMILES string of the molecule is N#Cc1cc(Cl)ccc1N=[N+]=[N-]. The molecule has 0 radical (unpaired) electrons. The van der Waals surface area contributed by atoms with Gasteiger partial charge in [-0.15, -0.1) is 0 Å². The van der Waals surface area contributed by atoms with Crippen molar-refractivity contribution < 1.29 is 0 Å². The summed E-state index contributed by atoms with van der Waals surface area (Å²) in [5.41, 5.74) is 8.70. The van der Waals surface area contributed by atoms with Crippen LogP contribution in [0.1, 0.15) is 5.56 Å². The molecule has 0 heterocycles. The van der Waals surface area contributed by atoms with Gasteiger partial charge in [-0.25, -0.2) is 0 Å². The average molecular weight is 179 g/mol. The Morgan fingerprint density at radius 3 is 2.92 bits per heavy atom. The molecule has 0 amide bonds. The van der Waals surface area contributed by atoms with Crippen LogP contribution in [0.5, 0.6) is 0 Å². The van der Waals surface area contributed by atoms with Gasteiger partial charge in [-0.2, -0.15) is 5.26 Å². The van der Waals surface area contributed by atoms with Gasteiger partial charge in [-0.05, 0) is 23.7 Å². The standard InChI is InChI=1S/C7H3ClN4/c8-6-1-2-7(11-12-10)5(3-6)4-9/h1-3H. The maximum Gasteiger partial charge on any atom is 0.0997 e. The summed E-state index contributed by atoms with van der Waals surface area (Å²) in [5, 5.41) is 12.3. The number of rotatable bonds is 1. The van der Waals surface area contributed by atoms with Crippen molar-refractivity contribution >= 4 is 17.3 Å². The zero-order valence-electron chi connectivity index (χ0n) is 5.90. The highest BCUT2D eigenvalue weighted by molar-refractivity contribution is 6.30. The summed E-state index contributed by atoms with van der Waals surface area (Å²) in [4.78, 5) is 2.58. The minimum Gasteiger partial charge on any atom is -0.192 e. The van der Waals surface area contributed by atoms with Gasteiger partial charge in [0.1, 0.15) is 0 Å². The summed E-state index contributed by atoms with van der Waals surface area (Å²) in [6.07, 6.45) is 0. The molecule has 1 aromatic rings. The van der Waals surface area contributed by atoms with Crippen molar-refractivity contribution in [3.05, 3.63) is 39.2 Å². The number of nitrogens with zero attached hydrogens (tertiary/aromatic N) is 4. The van der Waals surface area contributed by atoms with Crippen LogP contribution in [0.4, 0.5) is 5.69 Å². The predicted molar refractivity (Wildman–Crippen MR) is 45.0 cm³/mol. The van der Waals surface area contributed by atoms with E-state index < -0.39 is 0 Å². The predicted octanol–water partition coefficient (Wildman–Crippen LogP) is 3.15. The summed E-state index contributed by atoms with van der Waals surface area (Å²) >= 11 is 5.61. The Morgan fingerprint density at radius 1 is 1.58 bits per heavy atom. The molecule has 0 aliphatic rings. The average Bonchev–Trinajstić information content (AvgIpc) is 2.08. The molecule has 0 saturated carbocycles. The highest BCUT2D eigenvalue weighted by atomic mass is 35.5. The first-order chi connectivity index (χ1) is 5.77. The molecule has 4 nitrogen and oxygen atoms in total. The quantitative estimate of drug-likeness (QED) is 0.370. The summed E-state index contributed by atoms with van der Waals surface area (Å²) in [5.74, 6) is 0. The molecule has 0 bridgehead atoms. The van der Waals surface area contributed by atoms with Crippen LogP contribution in [0.2, 0.25) is 5.02 Å². The van der Waals surface area contributed by atoms with E-state index in [1.807, 2.05) is 6.07 Å². The molecule has 1 aromatic carbocycles. The topological polar surface area (TPSA) is 72.5 Å². The Morgan fingerprint density at radius 2 is 2.33 bits per heavy atom. The zero-order valence-corrected chi connectivity index (χ0v) is 6.65. The van der Waals surface area contributed by atoms with Crippen LogP contribution in [-0.4, -0.2) is 0 Å². The van der Waals surface area contributed by atoms with E-state index in [1.165, 1.54) is 12.1 Å². The molecule has 0 atom stereocenters. The molecule has 0 aliphatic heterocycles. The van der Waals surface area contributed by atoms with E-state index >= 15 is 0 Å². The maximum absolute atomic E-state index is 8.58. The second-order valence-electron chi connectivity index (χ2n) is 1.96. The molecular formula is C7H3ClN4. The summed E-state index contributed by atoms with van der Waals surface area (Å²) in [7, 11) is 0. The lowest BCUT2D eigenvalue weighted by Crippen LogP contribution is -1.74. The molecule has 0 saturated heterocycles. The van der Waals surface area contributed by atoms with Gasteiger partial charge >= 0.3 is 0 Å². The minimum absolute atomic E-state index is 0.278. The van der Waals surface area contributed by atoms with Crippen molar-refractivity contribution in [1.82, 2.24) is 0 Å². The second-order valence-corrected chi connectivity index (χ2v) is 2.40. The lowest BCUT2D eigenvalue weighted by Gasteiger charge is -1.94. The Hall–Kier alpha value is -1.69. The first-order valence-corrected chi connectivity index (χ1v) is 3.40. The van der Waals surface area contributed by atoms with E-state index in [2.05, 4.69) is 10.0 Å². The fraction of sp³-hybridized carbons (Fsp3) is 0. The fourth-order valence-electron chi connectivity index (χ4n) is 0.733. The zero-order chi connectivity index (χ0) is 8.97. The number of hydrogen-bond donors (Lipinski definition) is 0. The fourth-order valence-corrected chi connectivity index (χ4v) is 0.905. The lowest BCUT2D eigenvalue weighted by molar-refractivity contribution is 1.42. The monoisotopic (exact) mass is 178 g/mol. The van der Waals surface area contributed by atoms with E-state index in [0.717, 1.165) is 0 Å². The molecule has 1 rings (SSSR count). The van der Waals surface area contributed by atoms with E-state index in [0.29, 0.717) is 10.7 Å². The largest absolute Gasteiger partial charge is 0.192 e. The molecule has 0 aromatic heterocycles. The van der Waals surface area contributed by atoms with E-state index in [1.54, 1.807) is 6.07 Å². The number of azide groups is 1. The highest BCUT2D eigenvalue weighted by Gasteiger charge is 1.99. The molecule has 0 N–H and O–H groups in total. The first kappa shape index (κ1) is 8.41. The van der Waals surface area contributed by atoms with E-state index in [4.69, 9.17) is 22.4 Å². The number of halogens is 1. The normalized spacial score (nSPS) is 8.33. The molecule has 58 valence electrons. The van der Waals surface area contributed by atoms with Crippen molar-refractivity contribution in [2.75, 3.05) is 0 Å². The molecule has 0 fully saturated rings. The van der Waals surface area contributed by atoms with Gasteiger partial charge in [0, 0.05) is 9.93 Å². The first-order valence-electron chi connectivity index (χ1n) is 3.02. The third-order valence-electron chi connectivity index (χ3n) is 1.23. The van der Waals surface area contributed by atoms with Crippen LogP contribution < -0.4 is 0 Å². The van der Waals surface area contributed by atoms with Crippen molar-refractivity contribution in [3.8, 4) is 6.07 Å². The smallest absolute Gasteiger partial charge is 0.0997 e. The summed E-state index contributed by atoms with van der Waals surface area (Å²) in [6.45, 7) is 0. The van der Waals surface area contributed by atoms with Crippen LogP contribution in [0.15, 0.2) is 23.3 Å². The van der Waals surface area contributed by atoms with Gasteiger partial charge in [0.25, 0.3) is 0 Å². The van der Waals surface area contributed by atoms with Gasteiger partial charge in [-0.3, -0.25) is 0 Å². The maximum atomic E-state index is 8.58. The third kappa shape index (κ3) is 1.67. The van der Waals surface area contributed by atoms with Crippen LogP contribution in [0.25, 0.3) is 10.4 Å². The van der Waals surface area contributed by atoms with E-state index in [9.17, 15) is 0 Å². The number of nitriles is 1. The minimum atomic E-state index is 0.278. The van der Waals surface area contributed by atoms with Gasteiger partial charge in [0.2, 0.25) is 0 Å². The molecule has 5 heteroatoms. The number of hydrogen-bond acceptors (Lipinski definition) is 2. The molecular weight excluding hydrogens is 176 g/mol. The van der Waals surface area contributed by atoms with Crippen molar-refractivity contribution in [3.63, 3.8) is 0 Å². The second kappa shape index (κ2) is 3.63. The van der Waals surface area contributed by atoms with Gasteiger partial charge in [-0.1, -0.05) is 16.7 Å². The van der Waals surface area contributed by atoms with Crippen molar-refractivity contribution in [1.29, 1.82) is 5.26 Å². The van der Waals surface area contributed by atoms with Gasteiger partial charge < -0.3 is 0 Å². The van der Waals surface area contributed by atoms with Crippen molar-refractivity contribution in [2.45, 2.75) is 0 Å². The van der Waals surface area contributed by atoms with Crippen LogP contribution in [0, 0.1) is 11.3 Å². The molecule has 0 spiro atoms. The Labute approximate surface area is 73.6 Å². The summed E-state index contributed by atoms with van der Waals surface area (Å²) in [6, 6.07) is 6.38. The summed E-state index contributed by atoms with van der Waals surface area (Å²) < 4.78 is 0. The van der Waals surface area contributed by atoms with Crippen LogP contribution in [-0.2, 0) is 0 Å². The van der Waals surface area contributed by atoms with Gasteiger partial charge in [0.15, 0.2) is 0 Å². The van der Waals surface area contributed by atoms with Crippen LogP contribution in [0.3, 0.4) is 0 Å². The van der Waals surface area contributed by atoms with E-state index in [-0.39, 0.29) is 5.56 Å². The third-order valence-corrected chi connectivity index (χ3v) is 1.47. The Bertz CT molecular complexity index is 387. The highest BCUT2D eigenvalue weighted by Crippen LogP contribution is 2.22.